The van der Waals surface area contributed by atoms with Crippen molar-refractivity contribution in [2.24, 2.45) is 5.92 Å². The van der Waals surface area contributed by atoms with Gasteiger partial charge < -0.3 is 14.2 Å². The molecule has 3 rings (SSSR count). The van der Waals surface area contributed by atoms with Gasteiger partial charge in [0.05, 0.1) is 29.7 Å². The molecule has 1 saturated heterocycles. The smallest absolute Gasteiger partial charge is 0.416 e. The molecule has 4 unspecified atom stereocenters. The molecule has 1 aromatic rings. The summed E-state index contributed by atoms with van der Waals surface area (Å²) >= 11 is 0. The van der Waals surface area contributed by atoms with E-state index in [1.165, 1.54) is 24.3 Å². The maximum atomic E-state index is 13.6. The van der Waals surface area contributed by atoms with E-state index in [9.17, 15) is 29.3 Å². The Balaban J connectivity index is 1.82. The number of esters is 1. The van der Waals surface area contributed by atoms with E-state index < -0.39 is 52.8 Å². The molecule has 0 radical (unpaired) electrons. The van der Waals surface area contributed by atoms with Crippen molar-refractivity contribution in [3.05, 3.63) is 52.6 Å². The molecule has 3 amide bonds. The molecule has 1 heterocycles. The largest absolute Gasteiger partial charge is 0.457 e. The summed E-state index contributed by atoms with van der Waals surface area (Å²) < 4.78 is 16.1. The third-order valence-corrected chi connectivity index (χ3v) is 5.90. The van der Waals surface area contributed by atoms with Crippen LogP contribution in [0.4, 0.5) is 15.3 Å². The standard InChI is InChI=1S/C25H31N3O9/c1-6-15-12-19(15)27(24(32)35-7-2)21(29)20-13-18(14-26(20)23(31)37-25(3,4)5)36-22(30)16-8-10-17(11-9-16)28(33)34/h6,8-11,15,18-20H,1,7,12-14H2,2-5H3. The highest BCUT2D eigenvalue weighted by Crippen LogP contribution is 2.38. The molecule has 1 aromatic carbocycles. The third-order valence-electron chi connectivity index (χ3n) is 5.90. The van der Waals surface area contributed by atoms with E-state index in [4.69, 9.17) is 14.2 Å². The van der Waals surface area contributed by atoms with Gasteiger partial charge in [0.2, 0.25) is 0 Å². The van der Waals surface area contributed by atoms with Crippen LogP contribution in [0.1, 0.15) is 50.9 Å². The summed E-state index contributed by atoms with van der Waals surface area (Å²) in [6, 6.07) is 3.29. The van der Waals surface area contributed by atoms with Gasteiger partial charge in [-0.1, -0.05) is 6.08 Å². The average Bonchev–Trinajstić information content (AvgIpc) is 3.46. The normalized spacial score (nSPS) is 22.5. The summed E-state index contributed by atoms with van der Waals surface area (Å²) in [7, 11) is 0. The third kappa shape index (κ3) is 6.63. The van der Waals surface area contributed by atoms with E-state index >= 15 is 0 Å². The number of rotatable bonds is 7. The average molecular weight is 518 g/mol. The van der Waals surface area contributed by atoms with Crippen molar-refractivity contribution < 1.29 is 38.3 Å². The fourth-order valence-corrected chi connectivity index (χ4v) is 4.07. The van der Waals surface area contributed by atoms with Crippen LogP contribution in [0.5, 0.6) is 0 Å². The number of non-ortho nitro benzene ring substituents is 1. The molecule has 0 N–H and O–H groups in total. The van der Waals surface area contributed by atoms with Gasteiger partial charge in [-0.25, -0.2) is 19.3 Å². The zero-order valence-electron chi connectivity index (χ0n) is 21.2. The van der Waals surface area contributed by atoms with Gasteiger partial charge in [0.25, 0.3) is 11.6 Å². The number of imide groups is 1. The Hall–Kier alpha value is -3.96. The van der Waals surface area contributed by atoms with Gasteiger partial charge in [-0.3, -0.25) is 19.8 Å². The Labute approximate surface area is 214 Å². The lowest BCUT2D eigenvalue weighted by Crippen LogP contribution is -2.52. The highest BCUT2D eigenvalue weighted by atomic mass is 16.6. The van der Waals surface area contributed by atoms with Crippen LogP contribution in [0.2, 0.25) is 0 Å². The molecule has 0 bridgehead atoms. The minimum atomic E-state index is -1.14. The summed E-state index contributed by atoms with van der Waals surface area (Å²) in [5.41, 5.74) is -0.969. The number of benzene rings is 1. The van der Waals surface area contributed by atoms with Gasteiger partial charge in [0, 0.05) is 18.6 Å². The van der Waals surface area contributed by atoms with Crippen molar-refractivity contribution in [2.75, 3.05) is 13.2 Å². The minimum Gasteiger partial charge on any atom is -0.457 e. The van der Waals surface area contributed by atoms with Gasteiger partial charge in [-0.15, -0.1) is 6.58 Å². The van der Waals surface area contributed by atoms with Crippen LogP contribution >= 0.6 is 0 Å². The first-order valence-corrected chi connectivity index (χ1v) is 11.9. The highest BCUT2D eigenvalue weighted by molar-refractivity contribution is 5.97. The molecular formula is C25H31N3O9. The number of amides is 3. The van der Waals surface area contributed by atoms with Crippen LogP contribution in [0.3, 0.4) is 0 Å². The van der Waals surface area contributed by atoms with E-state index in [1.807, 2.05) is 0 Å². The molecule has 1 saturated carbocycles. The van der Waals surface area contributed by atoms with Crippen LogP contribution in [-0.2, 0) is 19.0 Å². The molecule has 0 spiro atoms. The van der Waals surface area contributed by atoms with Crippen molar-refractivity contribution in [3.8, 4) is 0 Å². The van der Waals surface area contributed by atoms with Crippen LogP contribution in [0, 0.1) is 16.0 Å². The summed E-state index contributed by atoms with van der Waals surface area (Å²) in [4.78, 5) is 64.4. The van der Waals surface area contributed by atoms with Crippen molar-refractivity contribution in [1.29, 1.82) is 0 Å². The summed E-state index contributed by atoms with van der Waals surface area (Å²) in [6.45, 7) is 10.3. The van der Waals surface area contributed by atoms with E-state index in [-0.39, 0.29) is 36.7 Å². The predicted octanol–water partition coefficient (Wildman–Crippen LogP) is 3.69. The lowest BCUT2D eigenvalue weighted by molar-refractivity contribution is -0.384. The molecule has 200 valence electrons. The number of hydrogen-bond donors (Lipinski definition) is 0. The number of carbonyl (C=O) groups is 4. The fourth-order valence-electron chi connectivity index (χ4n) is 4.07. The SMILES string of the molecule is C=CC1CC1N(C(=O)OCC)C(=O)C1CC(OC(=O)c2ccc([N+](=O)[O-])cc2)CN1C(=O)OC(C)(C)C. The zero-order chi connectivity index (χ0) is 27.5. The lowest BCUT2D eigenvalue weighted by atomic mass is 10.1. The molecule has 1 aliphatic carbocycles. The van der Waals surface area contributed by atoms with Crippen molar-refractivity contribution in [3.63, 3.8) is 0 Å². The number of carbonyl (C=O) groups excluding carboxylic acids is 4. The Morgan fingerprint density at radius 3 is 2.35 bits per heavy atom. The molecule has 1 aliphatic heterocycles. The number of nitrogens with zero attached hydrogens (tertiary/aromatic N) is 3. The summed E-state index contributed by atoms with van der Waals surface area (Å²) in [5.74, 6) is -1.51. The van der Waals surface area contributed by atoms with E-state index in [0.717, 1.165) is 9.80 Å². The first-order chi connectivity index (χ1) is 17.4. The maximum Gasteiger partial charge on any atom is 0.416 e. The number of likely N-dealkylation sites (tertiary alicyclic amines) is 1. The maximum absolute atomic E-state index is 13.6. The van der Waals surface area contributed by atoms with E-state index in [2.05, 4.69) is 6.58 Å². The van der Waals surface area contributed by atoms with Crippen molar-refractivity contribution in [1.82, 2.24) is 9.80 Å². The van der Waals surface area contributed by atoms with Crippen LogP contribution in [0.25, 0.3) is 0 Å². The van der Waals surface area contributed by atoms with Crippen molar-refractivity contribution in [2.45, 2.75) is 64.3 Å². The van der Waals surface area contributed by atoms with Gasteiger partial charge in [-0.2, -0.15) is 0 Å². The van der Waals surface area contributed by atoms with E-state index in [0.29, 0.717) is 6.42 Å². The predicted molar refractivity (Wildman–Crippen MR) is 130 cm³/mol. The molecule has 37 heavy (non-hydrogen) atoms. The molecular weight excluding hydrogens is 486 g/mol. The van der Waals surface area contributed by atoms with Gasteiger partial charge in [-0.05, 0) is 52.2 Å². The molecule has 4 atom stereocenters. The minimum absolute atomic E-state index is 0.0595. The Morgan fingerprint density at radius 2 is 1.84 bits per heavy atom. The lowest BCUT2D eigenvalue weighted by Gasteiger charge is -2.30. The topological polar surface area (TPSA) is 146 Å². The second kappa shape index (κ2) is 11.0. The van der Waals surface area contributed by atoms with Crippen LogP contribution < -0.4 is 0 Å². The monoisotopic (exact) mass is 517 g/mol. The molecule has 2 fully saturated rings. The first-order valence-electron chi connectivity index (χ1n) is 11.9. The molecule has 12 heteroatoms. The Morgan fingerprint density at radius 1 is 1.19 bits per heavy atom. The number of hydrogen-bond acceptors (Lipinski definition) is 9. The second-order valence-electron chi connectivity index (χ2n) is 9.83. The number of nitro benzene ring substituents is 1. The first kappa shape index (κ1) is 27.6. The molecule has 2 aliphatic rings. The number of ether oxygens (including phenoxy) is 3. The second-order valence-corrected chi connectivity index (χ2v) is 9.83. The Bertz CT molecular complexity index is 1080. The summed E-state index contributed by atoms with van der Waals surface area (Å²) in [6.07, 6.45) is -0.386. The van der Waals surface area contributed by atoms with Crippen molar-refractivity contribution >= 4 is 29.8 Å². The molecule has 12 nitrogen and oxygen atoms in total. The fraction of sp³-hybridized carbons (Fsp3) is 0.520. The zero-order valence-corrected chi connectivity index (χ0v) is 21.2. The van der Waals surface area contributed by atoms with Gasteiger partial charge >= 0.3 is 18.2 Å². The quantitative estimate of drug-likeness (QED) is 0.174. The van der Waals surface area contributed by atoms with Gasteiger partial charge in [0.1, 0.15) is 17.7 Å². The Kier molecular flexibility index (Phi) is 8.19. The summed E-state index contributed by atoms with van der Waals surface area (Å²) in [5, 5.41) is 10.9. The number of nitro groups is 1. The van der Waals surface area contributed by atoms with Crippen LogP contribution in [0.15, 0.2) is 36.9 Å². The highest BCUT2D eigenvalue weighted by Gasteiger charge is 2.52. The van der Waals surface area contributed by atoms with Gasteiger partial charge in [0.15, 0.2) is 0 Å². The van der Waals surface area contributed by atoms with E-state index in [1.54, 1.807) is 33.8 Å². The molecule has 0 aromatic heterocycles. The van der Waals surface area contributed by atoms with Crippen LogP contribution in [-0.4, -0.2) is 75.7 Å².